The van der Waals surface area contributed by atoms with E-state index in [1.807, 2.05) is 16.6 Å². The van der Waals surface area contributed by atoms with Crippen molar-refractivity contribution < 1.29 is 4.79 Å². The van der Waals surface area contributed by atoms with Crippen LogP contribution in [0, 0.1) is 0 Å². The maximum absolute atomic E-state index is 12.4. The summed E-state index contributed by atoms with van der Waals surface area (Å²) in [5.41, 5.74) is 1.87. The molecule has 0 aromatic carbocycles. The Morgan fingerprint density at radius 3 is 2.71 bits per heavy atom. The molecule has 1 aliphatic heterocycles. The van der Waals surface area contributed by atoms with Crippen molar-refractivity contribution >= 4 is 5.91 Å². The maximum atomic E-state index is 12.4. The molecule has 0 bridgehead atoms. The number of amides is 1. The van der Waals surface area contributed by atoms with Crippen molar-refractivity contribution in [1.29, 1.82) is 0 Å². The van der Waals surface area contributed by atoms with Crippen LogP contribution in [0.5, 0.6) is 0 Å². The molecule has 1 aromatic rings. The van der Waals surface area contributed by atoms with Gasteiger partial charge >= 0.3 is 0 Å². The average molecular weight is 235 g/mol. The molecule has 2 heterocycles. The predicted molar refractivity (Wildman–Crippen MR) is 67.0 cm³/mol. The Balaban J connectivity index is 2.17. The lowest BCUT2D eigenvalue weighted by Crippen LogP contribution is -2.36. The van der Waals surface area contributed by atoms with Gasteiger partial charge in [0.15, 0.2) is 0 Å². The van der Waals surface area contributed by atoms with E-state index in [9.17, 15) is 4.79 Å². The van der Waals surface area contributed by atoms with E-state index in [1.165, 1.54) is 6.42 Å². The molecule has 1 saturated heterocycles. The summed E-state index contributed by atoms with van der Waals surface area (Å²) in [6.45, 7) is 3.93. The largest absolute Gasteiger partial charge is 0.339 e. The highest BCUT2D eigenvalue weighted by molar-refractivity contribution is 5.95. The van der Waals surface area contributed by atoms with E-state index in [0.717, 1.165) is 50.0 Å². The number of rotatable bonds is 3. The van der Waals surface area contributed by atoms with Gasteiger partial charge < -0.3 is 4.90 Å². The predicted octanol–water partition coefficient (Wildman–Crippen LogP) is 2.00. The second kappa shape index (κ2) is 5.34. The van der Waals surface area contributed by atoms with Crippen LogP contribution in [0.4, 0.5) is 0 Å². The highest BCUT2D eigenvalue weighted by Gasteiger charge is 2.22. The van der Waals surface area contributed by atoms with Crippen LogP contribution >= 0.6 is 0 Å². The molecule has 0 radical (unpaired) electrons. The highest BCUT2D eigenvalue weighted by atomic mass is 16.2. The van der Waals surface area contributed by atoms with Gasteiger partial charge in [-0.15, -0.1) is 0 Å². The van der Waals surface area contributed by atoms with Gasteiger partial charge in [0, 0.05) is 20.1 Å². The molecule has 17 heavy (non-hydrogen) atoms. The number of likely N-dealkylation sites (tertiary alicyclic amines) is 1. The zero-order chi connectivity index (χ0) is 12.3. The molecule has 0 saturated carbocycles. The number of aryl methyl sites for hydroxylation is 1. The Bertz CT molecular complexity index is 391. The van der Waals surface area contributed by atoms with Gasteiger partial charge in [0.1, 0.15) is 0 Å². The minimum Gasteiger partial charge on any atom is -0.339 e. The fourth-order valence-electron chi connectivity index (χ4n) is 2.44. The van der Waals surface area contributed by atoms with Gasteiger partial charge in [0.2, 0.25) is 0 Å². The Hall–Kier alpha value is -1.32. The molecule has 0 spiro atoms. The zero-order valence-electron chi connectivity index (χ0n) is 10.8. The first-order chi connectivity index (χ1) is 8.24. The first-order valence-corrected chi connectivity index (χ1v) is 6.54. The van der Waals surface area contributed by atoms with Gasteiger partial charge in [-0.2, -0.15) is 5.10 Å². The number of carbonyl (C=O) groups excluding carboxylic acids is 1. The van der Waals surface area contributed by atoms with Gasteiger partial charge in [-0.05, 0) is 25.7 Å². The van der Waals surface area contributed by atoms with Crippen molar-refractivity contribution in [1.82, 2.24) is 14.7 Å². The second-order valence-corrected chi connectivity index (χ2v) is 4.73. The van der Waals surface area contributed by atoms with Crippen molar-refractivity contribution in [2.45, 2.75) is 39.0 Å². The molecule has 0 atom stereocenters. The van der Waals surface area contributed by atoms with E-state index >= 15 is 0 Å². The average Bonchev–Trinajstić information content (AvgIpc) is 2.72. The smallest absolute Gasteiger partial charge is 0.257 e. The van der Waals surface area contributed by atoms with E-state index < -0.39 is 0 Å². The molecule has 0 N–H and O–H groups in total. The van der Waals surface area contributed by atoms with Gasteiger partial charge in [0.05, 0.1) is 17.5 Å². The minimum atomic E-state index is 0.168. The van der Waals surface area contributed by atoms with Crippen LogP contribution < -0.4 is 0 Å². The fraction of sp³-hybridized carbons (Fsp3) is 0.692. The third-order valence-electron chi connectivity index (χ3n) is 3.42. The first kappa shape index (κ1) is 12.1. The lowest BCUT2D eigenvalue weighted by atomic mass is 10.1. The van der Waals surface area contributed by atoms with Crippen LogP contribution in [-0.4, -0.2) is 33.7 Å². The van der Waals surface area contributed by atoms with Crippen LogP contribution in [0.15, 0.2) is 6.20 Å². The summed E-state index contributed by atoms with van der Waals surface area (Å²) in [6.07, 6.45) is 7.20. The first-order valence-electron chi connectivity index (χ1n) is 6.54. The summed E-state index contributed by atoms with van der Waals surface area (Å²) in [7, 11) is 1.91. The molecule has 4 nitrogen and oxygen atoms in total. The normalized spacial score (nSPS) is 16.2. The van der Waals surface area contributed by atoms with Crippen LogP contribution in [0.3, 0.4) is 0 Å². The topological polar surface area (TPSA) is 38.1 Å². The number of piperidine rings is 1. The van der Waals surface area contributed by atoms with Crippen LogP contribution in [0.25, 0.3) is 0 Å². The van der Waals surface area contributed by atoms with Gasteiger partial charge in [-0.3, -0.25) is 9.48 Å². The maximum Gasteiger partial charge on any atom is 0.257 e. The summed E-state index contributed by atoms with van der Waals surface area (Å²) in [6, 6.07) is 0. The van der Waals surface area contributed by atoms with E-state index in [0.29, 0.717) is 0 Å². The summed E-state index contributed by atoms with van der Waals surface area (Å²) < 4.78 is 1.83. The van der Waals surface area contributed by atoms with Crippen molar-refractivity contribution in [2.24, 2.45) is 7.05 Å². The SMILES string of the molecule is CCCc1c(C(=O)N2CCCCC2)cnn1C. The van der Waals surface area contributed by atoms with E-state index in [-0.39, 0.29) is 5.91 Å². The summed E-state index contributed by atoms with van der Waals surface area (Å²) in [5, 5.41) is 4.22. The molecule has 1 aliphatic rings. The molecule has 2 rings (SSSR count). The minimum absolute atomic E-state index is 0.168. The molecule has 1 amide bonds. The highest BCUT2D eigenvalue weighted by Crippen LogP contribution is 2.16. The summed E-state index contributed by atoms with van der Waals surface area (Å²) in [5.74, 6) is 0.168. The summed E-state index contributed by atoms with van der Waals surface area (Å²) in [4.78, 5) is 14.4. The van der Waals surface area contributed by atoms with E-state index in [1.54, 1.807) is 6.20 Å². The molecule has 4 heteroatoms. The van der Waals surface area contributed by atoms with Crippen molar-refractivity contribution in [3.05, 3.63) is 17.5 Å². The van der Waals surface area contributed by atoms with Gasteiger partial charge in [-0.1, -0.05) is 13.3 Å². The molecular weight excluding hydrogens is 214 g/mol. The van der Waals surface area contributed by atoms with Gasteiger partial charge in [0.25, 0.3) is 5.91 Å². The monoisotopic (exact) mass is 235 g/mol. The lowest BCUT2D eigenvalue weighted by Gasteiger charge is -2.26. The van der Waals surface area contributed by atoms with Gasteiger partial charge in [-0.25, -0.2) is 0 Å². The van der Waals surface area contributed by atoms with E-state index in [2.05, 4.69) is 12.0 Å². The Morgan fingerprint density at radius 1 is 1.35 bits per heavy atom. The van der Waals surface area contributed by atoms with Crippen LogP contribution in [0.2, 0.25) is 0 Å². The Kier molecular flexibility index (Phi) is 3.82. The molecule has 1 fully saturated rings. The Morgan fingerprint density at radius 2 is 2.06 bits per heavy atom. The standard InChI is InChI=1S/C13H21N3O/c1-3-7-12-11(10-14-15(12)2)13(17)16-8-5-4-6-9-16/h10H,3-9H2,1-2H3. The van der Waals surface area contributed by atoms with E-state index in [4.69, 9.17) is 0 Å². The molecule has 0 unspecified atom stereocenters. The molecular formula is C13H21N3O. The fourth-order valence-corrected chi connectivity index (χ4v) is 2.44. The van der Waals surface area contributed by atoms with Crippen molar-refractivity contribution in [3.8, 4) is 0 Å². The second-order valence-electron chi connectivity index (χ2n) is 4.73. The third-order valence-corrected chi connectivity index (χ3v) is 3.42. The molecule has 0 aliphatic carbocycles. The zero-order valence-corrected chi connectivity index (χ0v) is 10.8. The molecule has 94 valence electrons. The number of aromatic nitrogens is 2. The Labute approximate surface area is 103 Å². The lowest BCUT2D eigenvalue weighted by molar-refractivity contribution is 0.0723. The third kappa shape index (κ3) is 2.51. The number of hydrogen-bond acceptors (Lipinski definition) is 2. The summed E-state index contributed by atoms with van der Waals surface area (Å²) >= 11 is 0. The molecule has 1 aromatic heterocycles. The van der Waals surface area contributed by atoms with Crippen LogP contribution in [-0.2, 0) is 13.5 Å². The number of nitrogens with zero attached hydrogens (tertiary/aromatic N) is 3. The quantitative estimate of drug-likeness (QED) is 0.803. The van der Waals surface area contributed by atoms with Crippen molar-refractivity contribution in [2.75, 3.05) is 13.1 Å². The van der Waals surface area contributed by atoms with Crippen molar-refractivity contribution in [3.63, 3.8) is 0 Å². The number of hydrogen-bond donors (Lipinski definition) is 0. The number of carbonyl (C=O) groups is 1. The van der Waals surface area contributed by atoms with Crippen LogP contribution in [0.1, 0.15) is 48.7 Å².